The van der Waals surface area contributed by atoms with E-state index in [1.807, 2.05) is 33.8 Å². The van der Waals surface area contributed by atoms with Crippen LogP contribution in [0.15, 0.2) is 18.5 Å². The number of rotatable bonds is 6. The van der Waals surface area contributed by atoms with E-state index in [-0.39, 0.29) is 12.2 Å². The van der Waals surface area contributed by atoms with E-state index in [0.717, 1.165) is 5.46 Å². The smallest absolute Gasteiger partial charge is 0.495 e. The van der Waals surface area contributed by atoms with Gasteiger partial charge in [0.05, 0.1) is 13.3 Å². The van der Waals surface area contributed by atoms with Crippen molar-refractivity contribution < 1.29 is 14.0 Å². The predicted octanol–water partition coefficient (Wildman–Crippen LogP) is 1.64. The minimum Gasteiger partial charge on any atom is -0.495 e. The summed E-state index contributed by atoms with van der Waals surface area (Å²) in [7, 11) is 1.21. The van der Waals surface area contributed by atoms with E-state index in [9.17, 15) is 0 Å². The summed E-state index contributed by atoms with van der Waals surface area (Å²) in [5, 5.41) is 0. The molecule has 0 atom stereocenters. The lowest BCUT2D eigenvalue weighted by molar-refractivity contribution is 0.139. The molecule has 1 aromatic rings. The second kappa shape index (κ2) is 6.62. The van der Waals surface area contributed by atoms with Crippen LogP contribution in [0.25, 0.3) is 0 Å². The molecule has 0 amide bonds. The van der Waals surface area contributed by atoms with Crippen LogP contribution in [0, 0.1) is 0 Å². The molecule has 17 heavy (non-hydrogen) atoms. The third-order valence-electron chi connectivity index (χ3n) is 2.03. The summed E-state index contributed by atoms with van der Waals surface area (Å²) in [6.45, 7) is 7.91. The average molecular weight is 237 g/mol. The average Bonchev–Trinajstić information content (AvgIpc) is 2.27. The first-order valence-electron chi connectivity index (χ1n) is 5.82. The SMILES string of the molecule is COc1cncc(B(OC(C)C)OC(C)C)c1. The molecular formula is C12H20BNO3. The molecule has 4 nitrogen and oxygen atoms in total. The molecule has 0 radical (unpaired) electrons. The summed E-state index contributed by atoms with van der Waals surface area (Å²) in [5.74, 6) is 0.701. The van der Waals surface area contributed by atoms with Crippen LogP contribution in [-0.4, -0.2) is 31.4 Å². The minimum atomic E-state index is -0.405. The lowest BCUT2D eigenvalue weighted by Gasteiger charge is -2.19. The molecule has 0 saturated carbocycles. The van der Waals surface area contributed by atoms with Crippen molar-refractivity contribution >= 4 is 12.6 Å². The third kappa shape index (κ3) is 4.75. The zero-order valence-electron chi connectivity index (χ0n) is 11.1. The molecule has 0 aromatic carbocycles. The Morgan fingerprint density at radius 2 is 1.65 bits per heavy atom. The summed E-state index contributed by atoms with van der Waals surface area (Å²) in [4.78, 5) is 4.11. The Kier molecular flexibility index (Phi) is 5.45. The molecule has 0 saturated heterocycles. The molecule has 1 heterocycles. The van der Waals surface area contributed by atoms with Crippen LogP contribution in [0.1, 0.15) is 27.7 Å². The predicted molar refractivity (Wildman–Crippen MR) is 68.6 cm³/mol. The van der Waals surface area contributed by atoms with Crippen molar-refractivity contribution in [2.75, 3.05) is 7.11 Å². The normalized spacial score (nSPS) is 11.0. The van der Waals surface area contributed by atoms with Crippen molar-refractivity contribution in [2.24, 2.45) is 0 Å². The number of methoxy groups -OCH3 is 1. The lowest BCUT2D eigenvalue weighted by Crippen LogP contribution is -2.41. The van der Waals surface area contributed by atoms with Gasteiger partial charge >= 0.3 is 7.12 Å². The summed E-state index contributed by atoms with van der Waals surface area (Å²) < 4.78 is 16.6. The molecule has 0 bridgehead atoms. The van der Waals surface area contributed by atoms with Gasteiger partial charge < -0.3 is 14.0 Å². The van der Waals surface area contributed by atoms with Crippen LogP contribution in [0.3, 0.4) is 0 Å². The molecule has 5 heteroatoms. The highest BCUT2D eigenvalue weighted by Gasteiger charge is 2.24. The van der Waals surface area contributed by atoms with Crippen LogP contribution in [0.2, 0.25) is 0 Å². The molecule has 1 aromatic heterocycles. The van der Waals surface area contributed by atoms with Crippen molar-refractivity contribution in [3.63, 3.8) is 0 Å². The third-order valence-corrected chi connectivity index (χ3v) is 2.03. The maximum absolute atomic E-state index is 5.73. The molecular weight excluding hydrogens is 217 g/mol. The quantitative estimate of drug-likeness (QED) is 0.705. The molecule has 1 rings (SSSR count). The van der Waals surface area contributed by atoms with Crippen LogP contribution < -0.4 is 10.2 Å². The maximum atomic E-state index is 5.73. The first-order valence-corrected chi connectivity index (χ1v) is 5.82. The van der Waals surface area contributed by atoms with Crippen LogP contribution in [0.4, 0.5) is 0 Å². The highest BCUT2D eigenvalue weighted by molar-refractivity contribution is 6.61. The second-order valence-electron chi connectivity index (χ2n) is 4.36. The van der Waals surface area contributed by atoms with Crippen molar-refractivity contribution in [1.82, 2.24) is 4.98 Å². The Balaban J connectivity index is 2.86. The Morgan fingerprint density at radius 3 is 2.12 bits per heavy atom. The van der Waals surface area contributed by atoms with Crippen molar-refractivity contribution in [2.45, 2.75) is 39.9 Å². The van der Waals surface area contributed by atoms with E-state index < -0.39 is 7.12 Å². The maximum Gasteiger partial charge on any atom is 0.495 e. The van der Waals surface area contributed by atoms with E-state index in [2.05, 4.69) is 4.98 Å². The van der Waals surface area contributed by atoms with Crippen LogP contribution >= 0.6 is 0 Å². The molecule has 0 N–H and O–H groups in total. The van der Waals surface area contributed by atoms with Crippen LogP contribution in [-0.2, 0) is 9.31 Å². The van der Waals surface area contributed by atoms with E-state index >= 15 is 0 Å². The lowest BCUT2D eigenvalue weighted by atomic mass is 9.79. The Morgan fingerprint density at radius 1 is 1.06 bits per heavy atom. The topological polar surface area (TPSA) is 40.6 Å². The Labute approximate surface area is 103 Å². The fraction of sp³-hybridized carbons (Fsp3) is 0.583. The first kappa shape index (κ1) is 14.0. The summed E-state index contributed by atoms with van der Waals surface area (Å²) >= 11 is 0. The number of hydrogen-bond acceptors (Lipinski definition) is 4. The zero-order chi connectivity index (χ0) is 12.8. The van der Waals surface area contributed by atoms with Gasteiger partial charge in [-0.3, -0.25) is 4.98 Å². The molecule has 0 aliphatic rings. The number of nitrogens with zero attached hydrogens (tertiary/aromatic N) is 1. The fourth-order valence-corrected chi connectivity index (χ4v) is 1.36. The van der Waals surface area contributed by atoms with E-state index in [4.69, 9.17) is 14.0 Å². The van der Waals surface area contributed by atoms with Gasteiger partial charge in [-0.25, -0.2) is 0 Å². The van der Waals surface area contributed by atoms with Gasteiger partial charge in [-0.1, -0.05) is 0 Å². The molecule has 94 valence electrons. The number of pyridine rings is 1. The molecule has 0 unspecified atom stereocenters. The molecule has 0 aliphatic carbocycles. The van der Waals surface area contributed by atoms with Gasteiger partial charge in [0.25, 0.3) is 0 Å². The largest absolute Gasteiger partial charge is 0.495 e. The van der Waals surface area contributed by atoms with Gasteiger partial charge in [0, 0.05) is 23.9 Å². The molecule has 0 fully saturated rings. The van der Waals surface area contributed by atoms with Crippen molar-refractivity contribution in [3.05, 3.63) is 18.5 Å². The fourth-order valence-electron chi connectivity index (χ4n) is 1.36. The Bertz CT molecular complexity index is 334. The number of ether oxygens (including phenoxy) is 1. The van der Waals surface area contributed by atoms with E-state index in [0.29, 0.717) is 5.75 Å². The summed E-state index contributed by atoms with van der Waals surface area (Å²) in [5.41, 5.74) is 0.867. The van der Waals surface area contributed by atoms with Crippen LogP contribution in [0.5, 0.6) is 5.75 Å². The second-order valence-corrected chi connectivity index (χ2v) is 4.36. The Hall–Kier alpha value is -1.07. The standard InChI is InChI=1S/C12H20BNO3/c1-9(2)16-13(17-10(3)4)11-6-12(15-5)8-14-7-11/h6-10H,1-5H3. The number of hydrogen-bond donors (Lipinski definition) is 0. The summed E-state index contributed by atoms with van der Waals surface area (Å²) in [6, 6.07) is 1.88. The van der Waals surface area contributed by atoms with Gasteiger partial charge in [-0.15, -0.1) is 0 Å². The van der Waals surface area contributed by atoms with E-state index in [1.54, 1.807) is 19.5 Å². The monoisotopic (exact) mass is 237 g/mol. The highest BCUT2D eigenvalue weighted by atomic mass is 16.6. The zero-order valence-corrected chi connectivity index (χ0v) is 11.1. The minimum absolute atomic E-state index is 0.0879. The summed E-state index contributed by atoms with van der Waals surface area (Å²) in [6.07, 6.45) is 3.57. The van der Waals surface area contributed by atoms with Gasteiger partial charge in [0.15, 0.2) is 0 Å². The first-order chi connectivity index (χ1) is 8.02. The van der Waals surface area contributed by atoms with Crippen molar-refractivity contribution in [1.29, 1.82) is 0 Å². The van der Waals surface area contributed by atoms with E-state index in [1.165, 1.54) is 0 Å². The molecule has 0 spiro atoms. The number of aromatic nitrogens is 1. The molecule has 0 aliphatic heterocycles. The van der Waals surface area contributed by atoms with Gasteiger partial charge in [0.1, 0.15) is 5.75 Å². The van der Waals surface area contributed by atoms with Gasteiger partial charge in [0.2, 0.25) is 0 Å². The van der Waals surface area contributed by atoms with Gasteiger partial charge in [-0.05, 0) is 33.8 Å². The highest BCUT2D eigenvalue weighted by Crippen LogP contribution is 2.07. The van der Waals surface area contributed by atoms with Gasteiger partial charge in [-0.2, -0.15) is 0 Å². The van der Waals surface area contributed by atoms with Crippen molar-refractivity contribution in [3.8, 4) is 5.75 Å².